The lowest BCUT2D eigenvalue weighted by molar-refractivity contribution is -0.140. The molecule has 6 heteroatoms. The van der Waals surface area contributed by atoms with E-state index in [0.717, 1.165) is 5.69 Å². The molecule has 1 heterocycles. The van der Waals surface area contributed by atoms with Gasteiger partial charge in [-0.1, -0.05) is 18.2 Å². The molecule has 2 unspecified atom stereocenters. The molecule has 23 heavy (non-hydrogen) atoms. The Balaban J connectivity index is 2.07. The largest absolute Gasteiger partial charge is 0.380 e. The predicted octanol–water partition coefficient (Wildman–Crippen LogP) is 1.00. The Bertz CT molecular complexity index is 531. The van der Waals surface area contributed by atoms with Crippen LogP contribution in [0.5, 0.6) is 0 Å². The monoisotopic (exact) mass is 319 g/mol. The fourth-order valence-electron chi connectivity index (χ4n) is 2.96. The van der Waals surface area contributed by atoms with Crippen molar-refractivity contribution < 1.29 is 14.3 Å². The highest BCUT2D eigenvalue weighted by molar-refractivity contribution is 6.01. The van der Waals surface area contributed by atoms with E-state index in [2.05, 4.69) is 0 Å². The van der Waals surface area contributed by atoms with Crippen LogP contribution >= 0.6 is 0 Å². The van der Waals surface area contributed by atoms with Crippen LogP contribution < -0.4 is 10.6 Å². The van der Waals surface area contributed by atoms with Crippen molar-refractivity contribution >= 4 is 17.5 Å². The molecule has 1 aliphatic rings. The molecule has 0 radical (unpaired) electrons. The van der Waals surface area contributed by atoms with E-state index < -0.39 is 6.04 Å². The topological polar surface area (TPSA) is 75.9 Å². The number of likely N-dealkylation sites (N-methyl/N-ethyl adjacent to an activating group) is 1. The molecule has 2 atom stereocenters. The van der Waals surface area contributed by atoms with E-state index in [1.807, 2.05) is 37.3 Å². The van der Waals surface area contributed by atoms with Crippen LogP contribution in [0.1, 0.15) is 19.8 Å². The van der Waals surface area contributed by atoms with Gasteiger partial charge in [0.05, 0.1) is 12.5 Å². The van der Waals surface area contributed by atoms with Gasteiger partial charge in [-0.3, -0.25) is 9.59 Å². The van der Waals surface area contributed by atoms with Gasteiger partial charge in [0, 0.05) is 32.4 Å². The number of methoxy groups -OCH3 is 1. The molecule has 1 fully saturated rings. The summed E-state index contributed by atoms with van der Waals surface area (Å²) >= 11 is 0. The summed E-state index contributed by atoms with van der Waals surface area (Å²) in [4.78, 5) is 28.6. The van der Waals surface area contributed by atoms with Crippen molar-refractivity contribution in [2.75, 3.05) is 31.6 Å². The fourth-order valence-corrected chi connectivity index (χ4v) is 2.96. The van der Waals surface area contributed by atoms with Gasteiger partial charge in [-0.25, -0.2) is 0 Å². The van der Waals surface area contributed by atoms with Gasteiger partial charge < -0.3 is 20.3 Å². The number of para-hydroxylation sites is 1. The highest BCUT2D eigenvalue weighted by Crippen LogP contribution is 2.24. The van der Waals surface area contributed by atoms with E-state index in [1.165, 1.54) is 0 Å². The minimum absolute atomic E-state index is 0.0203. The van der Waals surface area contributed by atoms with E-state index in [9.17, 15) is 9.59 Å². The number of ether oxygens (including phenoxy) is 1. The van der Waals surface area contributed by atoms with E-state index in [1.54, 1.807) is 16.9 Å². The number of carbonyl (C=O) groups is 2. The molecule has 0 aromatic heterocycles. The predicted molar refractivity (Wildman–Crippen MR) is 89.1 cm³/mol. The highest BCUT2D eigenvalue weighted by Gasteiger charge is 2.38. The number of carbonyl (C=O) groups excluding carboxylic acids is 2. The van der Waals surface area contributed by atoms with Crippen molar-refractivity contribution in [2.24, 2.45) is 5.73 Å². The minimum Gasteiger partial charge on any atom is -0.380 e. The Morgan fingerprint density at radius 3 is 2.70 bits per heavy atom. The Morgan fingerprint density at radius 1 is 1.43 bits per heavy atom. The lowest BCUT2D eigenvalue weighted by Gasteiger charge is -2.28. The molecule has 0 bridgehead atoms. The van der Waals surface area contributed by atoms with Gasteiger partial charge in [-0.15, -0.1) is 0 Å². The lowest BCUT2D eigenvalue weighted by Crippen LogP contribution is -2.46. The number of nitrogens with zero attached hydrogens (tertiary/aromatic N) is 2. The van der Waals surface area contributed by atoms with Crippen molar-refractivity contribution in [3.05, 3.63) is 30.3 Å². The van der Waals surface area contributed by atoms with Crippen molar-refractivity contribution in [1.29, 1.82) is 0 Å². The van der Waals surface area contributed by atoms with Crippen molar-refractivity contribution in [3.63, 3.8) is 0 Å². The molecule has 6 nitrogen and oxygen atoms in total. The van der Waals surface area contributed by atoms with Gasteiger partial charge >= 0.3 is 0 Å². The van der Waals surface area contributed by atoms with Gasteiger partial charge in [0.1, 0.15) is 6.04 Å². The van der Waals surface area contributed by atoms with Crippen LogP contribution in [-0.2, 0) is 14.3 Å². The van der Waals surface area contributed by atoms with Gasteiger partial charge in [-0.2, -0.15) is 0 Å². The number of rotatable bonds is 7. The number of hydrogen-bond donors (Lipinski definition) is 1. The summed E-state index contributed by atoms with van der Waals surface area (Å²) in [6, 6.07) is 9.15. The van der Waals surface area contributed by atoms with Gasteiger partial charge in [0.15, 0.2) is 0 Å². The smallest absolute Gasteiger partial charge is 0.249 e. The number of amides is 2. The summed E-state index contributed by atoms with van der Waals surface area (Å²) in [5.74, 6) is -0.105. The summed E-state index contributed by atoms with van der Waals surface area (Å²) in [5.41, 5.74) is 6.46. The quantitative estimate of drug-likeness (QED) is 0.813. The fraction of sp³-hybridized carbons (Fsp3) is 0.529. The molecule has 126 valence electrons. The third-order valence-electron chi connectivity index (χ3n) is 4.28. The second-order valence-corrected chi connectivity index (χ2v) is 5.61. The molecule has 0 saturated carbocycles. The first kappa shape index (κ1) is 17.4. The molecule has 2 N–H and O–H groups in total. The first-order valence-corrected chi connectivity index (χ1v) is 8.01. The Hall–Kier alpha value is -1.92. The van der Waals surface area contributed by atoms with Crippen molar-refractivity contribution in [1.82, 2.24) is 4.90 Å². The van der Waals surface area contributed by atoms with Crippen LogP contribution in [0.15, 0.2) is 30.3 Å². The molecular formula is C17H25N3O3. The van der Waals surface area contributed by atoms with Crippen LogP contribution in [0.2, 0.25) is 0 Å². The number of benzene rings is 1. The molecule has 0 spiro atoms. The molecule has 0 aliphatic carbocycles. The van der Waals surface area contributed by atoms with E-state index in [-0.39, 0.29) is 30.9 Å². The Kier molecular flexibility index (Phi) is 6.12. The van der Waals surface area contributed by atoms with Crippen molar-refractivity contribution in [2.45, 2.75) is 31.9 Å². The molecule has 1 aliphatic heterocycles. The normalized spacial score (nSPS) is 19.0. The van der Waals surface area contributed by atoms with Gasteiger partial charge in [0.2, 0.25) is 11.8 Å². The van der Waals surface area contributed by atoms with E-state index in [0.29, 0.717) is 19.5 Å². The van der Waals surface area contributed by atoms with Crippen LogP contribution in [0.4, 0.5) is 5.69 Å². The van der Waals surface area contributed by atoms with E-state index >= 15 is 0 Å². The summed E-state index contributed by atoms with van der Waals surface area (Å²) in [5, 5.41) is 0. The highest BCUT2D eigenvalue weighted by atomic mass is 16.5. The second kappa shape index (κ2) is 8.08. The SMILES string of the molecule is CCN(C(=O)CC(CN)OC)C1CCN(c2ccccc2)C1=O. The van der Waals surface area contributed by atoms with Crippen molar-refractivity contribution in [3.8, 4) is 0 Å². The maximum absolute atomic E-state index is 12.7. The number of anilines is 1. The summed E-state index contributed by atoms with van der Waals surface area (Å²) in [6.45, 7) is 3.30. The van der Waals surface area contributed by atoms with Crippen LogP contribution in [0, 0.1) is 0 Å². The Morgan fingerprint density at radius 2 is 2.13 bits per heavy atom. The molecular weight excluding hydrogens is 294 g/mol. The summed E-state index contributed by atoms with van der Waals surface area (Å²) in [7, 11) is 1.54. The zero-order valence-electron chi connectivity index (χ0n) is 13.8. The first-order chi connectivity index (χ1) is 11.1. The van der Waals surface area contributed by atoms with E-state index in [4.69, 9.17) is 10.5 Å². The third kappa shape index (κ3) is 3.89. The molecule has 1 aromatic carbocycles. The lowest BCUT2D eigenvalue weighted by atomic mass is 10.1. The summed E-state index contributed by atoms with van der Waals surface area (Å²) in [6.07, 6.45) is 0.544. The molecule has 2 amide bonds. The summed E-state index contributed by atoms with van der Waals surface area (Å²) < 4.78 is 5.18. The van der Waals surface area contributed by atoms with Gasteiger partial charge in [-0.05, 0) is 25.5 Å². The zero-order chi connectivity index (χ0) is 16.8. The van der Waals surface area contributed by atoms with Crippen LogP contribution in [0.25, 0.3) is 0 Å². The maximum atomic E-state index is 12.7. The molecule has 2 rings (SSSR count). The zero-order valence-corrected chi connectivity index (χ0v) is 13.8. The third-order valence-corrected chi connectivity index (χ3v) is 4.28. The number of nitrogens with two attached hydrogens (primary N) is 1. The standard InChI is InChI=1S/C17H25N3O3/c1-3-19(16(21)11-14(12-18)23-2)15-9-10-20(17(15)22)13-7-5-4-6-8-13/h4-8,14-15H,3,9-12,18H2,1-2H3. The average Bonchev–Trinajstić information content (AvgIpc) is 2.96. The van der Waals surface area contributed by atoms with Crippen LogP contribution in [-0.4, -0.2) is 55.6 Å². The second-order valence-electron chi connectivity index (χ2n) is 5.61. The number of hydrogen-bond acceptors (Lipinski definition) is 4. The first-order valence-electron chi connectivity index (χ1n) is 8.01. The maximum Gasteiger partial charge on any atom is 0.249 e. The van der Waals surface area contributed by atoms with Gasteiger partial charge in [0.25, 0.3) is 0 Å². The minimum atomic E-state index is -0.400. The van der Waals surface area contributed by atoms with Crippen LogP contribution in [0.3, 0.4) is 0 Å². The molecule has 1 saturated heterocycles. The average molecular weight is 319 g/mol. The molecule has 1 aromatic rings. The Labute approximate surface area is 137 Å².